The number of aromatic nitrogens is 2. The Balaban J connectivity index is 2.25. The SMILES string of the molecule is CSc1cc(C)c2nnc(C(N)=O)c(Nc3cccc(C#N)c3)c2c1. The van der Waals surface area contributed by atoms with E-state index < -0.39 is 5.91 Å². The van der Waals surface area contributed by atoms with Crippen molar-refractivity contribution < 1.29 is 4.79 Å². The molecule has 0 saturated heterocycles. The molecule has 3 N–H and O–H groups in total. The standard InChI is InChI=1S/C18H15N5OS/c1-10-6-13(25-2)8-14-15(10)22-23-17(18(20)24)16(14)21-12-5-3-4-11(7-12)9-19/h3-8H,1-2H3,(H2,20,24)(H,21,22). The molecule has 124 valence electrons. The maximum atomic E-state index is 11.8. The third-order valence-corrected chi connectivity index (χ3v) is 4.47. The summed E-state index contributed by atoms with van der Waals surface area (Å²) >= 11 is 1.60. The van der Waals surface area contributed by atoms with Crippen molar-refractivity contribution in [3.63, 3.8) is 0 Å². The second-order valence-corrected chi connectivity index (χ2v) is 6.33. The number of anilines is 2. The summed E-state index contributed by atoms with van der Waals surface area (Å²) in [5, 5.41) is 21.2. The Bertz CT molecular complexity index is 1030. The number of nitrogens with zero attached hydrogens (tertiary/aromatic N) is 3. The molecule has 0 aliphatic heterocycles. The molecule has 0 unspecified atom stereocenters. The Morgan fingerprint density at radius 3 is 2.76 bits per heavy atom. The molecule has 0 atom stereocenters. The number of hydrogen-bond acceptors (Lipinski definition) is 6. The molecule has 0 spiro atoms. The molecule has 1 aromatic heterocycles. The lowest BCUT2D eigenvalue weighted by atomic mass is 10.1. The van der Waals surface area contributed by atoms with Crippen LogP contribution in [-0.4, -0.2) is 22.4 Å². The van der Waals surface area contributed by atoms with Crippen LogP contribution in [0.25, 0.3) is 10.9 Å². The number of benzene rings is 2. The van der Waals surface area contributed by atoms with Gasteiger partial charge in [-0.25, -0.2) is 0 Å². The minimum atomic E-state index is -0.666. The highest BCUT2D eigenvalue weighted by Crippen LogP contribution is 2.32. The molecule has 0 aliphatic rings. The molecule has 0 radical (unpaired) electrons. The van der Waals surface area contributed by atoms with Crippen LogP contribution in [-0.2, 0) is 0 Å². The highest BCUT2D eigenvalue weighted by molar-refractivity contribution is 7.98. The van der Waals surface area contributed by atoms with Crippen molar-refractivity contribution in [3.05, 3.63) is 53.2 Å². The zero-order valence-corrected chi connectivity index (χ0v) is 14.5. The van der Waals surface area contributed by atoms with Gasteiger partial charge in [-0.1, -0.05) is 6.07 Å². The summed E-state index contributed by atoms with van der Waals surface area (Å²) in [4.78, 5) is 12.9. The smallest absolute Gasteiger partial charge is 0.271 e. The minimum absolute atomic E-state index is 0.0625. The van der Waals surface area contributed by atoms with Crippen molar-refractivity contribution in [2.75, 3.05) is 11.6 Å². The first-order chi connectivity index (χ1) is 12.0. The summed E-state index contributed by atoms with van der Waals surface area (Å²) < 4.78 is 0. The summed E-state index contributed by atoms with van der Waals surface area (Å²) in [5.74, 6) is -0.666. The lowest BCUT2D eigenvalue weighted by molar-refractivity contribution is 0.0995. The van der Waals surface area contributed by atoms with Crippen LogP contribution in [0.1, 0.15) is 21.6 Å². The molecule has 7 heteroatoms. The zero-order chi connectivity index (χ0) is 18.0. The number of nitrogens with two attached hydrogens (primary N) is 1. The average molecular weight is 349 g/mol. The van der Waals surface area contributed by atoms with Gasteiger partial charge in [0, 0.05) is 16.0 Å². The van der Waals surface area contributed by atoms with E-state index in [-0.39, 0.29) is 5.69 Å². The van der Waals surface area contributed by atoms with Crippen LogP contribution in [0.5, 0.6) is 0 Å². The van der Waals surface area contributed by atoms with Gasteiger partial charge in [-0.15, -0.1) is 22.0 Å². The highest BCUT2D eigenvalue weighted by Gasteiger charge is 2.17. The first-order valence-corrected chi connectivity index (χ1v) is 8.68. The fourth-order valence-electron chi connectivity index (χ4n) is 2.58. The molecule has 2 aromatic carbocycles. The Morgan fingerprint density at radius 1 is 1.28 bits per heavy atom. The molecule has 0 bridgehead atoms. The van der Waals surface area contributed by atoms with Gasteiger partial charge in [0.2, 0.25) is 0 Å². The molecule has 0 fully saturated rings. The molecular formula is C18H15N5OS. The van der Waals surface area contributed by atoms with Crippen LogP contribution in [0.3, 0.4) is 0 Å². The topological polar surface area (TPSA) is 105 Å². The number of aryl methyl sites for hydroxylation is 1. The number of carbonyl (C=O) groups is 1. The van der Waals surface area contributed by atoms with Crippen LogP contribution in [0.15, 0.2) is 41.3 Å². The van der Waals surface area contributed by atoms with Crippen molar-refractivity contribution in [3.8, 4) is 6.07 Å². The van der Waals surface area contributed by atoms with Gasteiger partial charge in [0.05, 0.1) is 22.8 Å². The fourth-order valence-corrected chi connectivity index (χ4v) is 3.11. The van der Waals surface area contributed by atoms with E-state index in [4.69, 9.17) is 11.0 Å². The normalized spacial score (nSPS) is 10.4. The molecule has 1 heterocycles. The van der Waals surface area contributed by atoms with Gasteiger partial charge in [0.25, 0.3) is 5.91 Å². The van der Waals surface area contributed by atoms with Crippen LogP contribution in [0, 0.1) is 18.3 Å². The predicted molar refractivity (Wildman–Crippen MR) is 99.0 cm³/mol. The van der Waals surface area contributed by atoms with Crippen molar-refractivity contribution in [1.29, 1.82) is 5.26 Å². The maximum Gasteiger partial charge on any atom is 0.271 e. The summed E-state index contributed by atoms with van der Waals surface area (Å²) in [7, 11) is 0. The number of nitrogens with one attached hydrogen (secondary N) is 1. The molecule has 1 amide bonds. The first-order valence-electron chi connectivity index (χ1n) is 7.45. The fraction of sp³-hybridized carbons (Fsp3) is 0.111. The van der Waals surface area contributed by atoms with Gasteiger partial charge in [-0.3, -0.25) is 4.79 Å². The average Bonchev–Trinajstić information content (AvgIpc) is 2.62. The lowest BCUT2D eigenvalue weighted by Gasteiger charge is -2.14. The van der Waals surface area contributed by atoms with E-state index in [1.165, 1.54) is 0 Å². The van der Waals surface area contributed by atoms with Gasteiger partial charge in [-0.05, 0) is 49.1 Å². The van der Waals surface area contributed by atoms with Crippen molar-refractivity contribution in [1.82, 2.24) is 10.2 Å². The number of hydrogen-bond donors (Lipinski definition) is 2. The Kier molecular flexibility index (Phi) is 4.55. The molecule has 3 rings (SSSR count). The number of nitriles is 1. The van der Waals surface area contributed by atoms with Gasteiger partial charge in [0.15, 0.2) is 5.69 Å². The number of fused-ring (bicyclic) bond motifs is 1. The molecular weight excluding hydrogens is 334 g/mol. The zero-order valence-electron chi connectivity index (χ0n) is 13.7. The van der Waals surface area contributed by atoms with Crippen LogP contribution in [0.2, 0.25) is 0 Å². The molecule has 3 aromatic rings. The molecule has 25 heavy (non-hydrogen) atoms. The van der Waals surface area contributed by atoms with Gasteiger partial charge < -0.3 is 11.1 Å². The van der Waals surface area contributed by atoms with Crippen LogP contribution >= 0.6 is 11.8 Å². The summed E-state index contributed by atoms with van der Waals surface area (Å²) in [5.41, 5.74) is 8.87. The number of carbonyl (C=O) groups excluding carboxylic acids is 1. The monoisotopic (exact) mass is 349 g/mol. The van der Waals surface area contributed by atoms with Crippen LogP contribution < -0.4 is 11.1 Å². The molecule has 0 saturated carbocycles. The first kappa shape index (κ1) is 16.7. The van der Waals surface area contributed by atoms with Crippen molar-refractivity contribution in [2.45, 2.75) is 11.8 Å². The van der Waals surface area contributed by atoms with Crippen LogP contribution in [0.4, 0.5) is 11.4 Å². The third-order valence-electron chi connectivity index (χ3n) is 3.76. The summed E-state index contributed by atoms with van der Waals surface area (Å²) in [6.45, 7) is 1.95. The van der Waals surface area contributed by atoms with Crippen molar-refractivity contribution in [2.24, 2.45) is 5.73 Å². The second kappa shape index (κ2) is 6.79. The van der Waals surface area contributed by atoms with E-state index in [1.807, 2.05) is 31.4 Å². The minimum Gasteiger partial charge on any atom is -0.364 e. The predicted octanol–water partition coefficient (Wildman–Crippen LogP) is 3.37. The van der Waals surface area contributed by atoms with Gasteiger partial charge in [0.1, 0.15) is 0 Å². The Morgan fingerprint density at radius 2 is 2.08 bits per heavy atom. The number of amides is 1. The van der Waals surface area contributed by atoms with E-state index in [9.17, 15) is 4.79 Å². The van der Waals surface area contributed by atoms with Crippen molar-refractivity contribution >= 4 is 39.9 Å². The number of thioether (sulfide) groups is 1. The van der Waals surface area contributed by atoms with E-state index in [1.54, 1.807) is 30.0 Å². The molecule has 0 aliphatic carbocycles. The summed E-state index contributed by atoms with van der Waals surface area (Å²) in [6.07, 6.45) is 1.98. The van der Waals surface area contributed by atoms with E-state index >= 15 is 0 Å². The van der Waals surface area contributed by atoms with E-state index in [0.717, 1.165) is 15.8 Å². The quantitative estimate of drug-likeness (QED) is 0.700. The van der Waals surface area contributed by atoms with Gasteiger partial charge in [-0.2, -0.15) is 5.26 Å². The largest absolute Gasteiger partial charge is 0.364 e. The Hall–Kier alpha value is -3.11. The Labute approximate surface area is 149 Å². The molecule has 6 nitrogen and oxygen atoms in total. The van der Waals surface area contributed by atoms with E-state index in [2.05, 4.69) is 21.6 Å². The maximum absolute atomic E-state index is 11.8. The second-order valence-electron chi connectivity index (χ2n) is 5.45. The number of primary amides is 1. The van der Waals surface area contributed by atoms with Gasteiger partial charge >= 0.3 is 0 Å². The number of rotatable bonds is 4. The third kappa shape index (κ3) is 3.25. The summed E-state index contributed by atoms with van der Waals surface area (Å²) in [6, 6.07) is 13.0. The van der Waals surface area contributed by atoms with E-state index in [0.29, 0.717) is 22.5 Å². The highest BCUT2D eigenvalue weighted by atomic mass is 32.2. The lowest BCUT2D eigenvalue weighted by Crippen LogP contribution is -2.17.